The minimum Gasteiger partial charge on any atom is -0.490 e. The number of ether oxygens (including phenoxy) is 2. The summed E-state index contributed by atoms with van der Waals surface area (Å²) in [6.45, 7) is 9.19. The minimum atomic E-state index is -0.160. The first-order valence-corrected chi connectivity index (χ1v) is 7.04. The summed E-state index contributed by atoms with van der Waals surface area (Å²) in [5.41, 5.74) is 1.01. The Balaban J connectivity index is 1.99. The first kappa shape index (κ1) is 14.4. The van der Waals surface area contributed by atoms with Gasteiger partial charge >= 0.3 is 0 Å². The highest BCUT2D eigenvalue weighted by molar-refractivity contribution is 5.31. The van der Waals surface area contributed by atoms with Gasteiger partial charge in [0.2, 0.25) is 0 Å². The van der Waals surface area contributed by atoms with Gasteiger partial charge in [-0.3, -0.25) is 4.90 Å². The zero-order valence-electron chi connectivity index (χ0n) is 12.5. The molecular weight excluding hydrogens is 238 g/mol. The molecule has 2 rings (SSSR count). The number of hydrogen-bond acceptors (Lipinski definition) is 3. The Kier molecular flexibility index (Phi) is 4.48. The zero-order chi connectivity index (χ0) is 13.9. The number of para-hydroxylation sites is 1. The lowest BCUT2D eigenvalue weighted by atomic mass is 10.0. The molecule has 0 amide bonds. The maximum Gasteiger partial charge on any atom is 0.122 e. The van der Waals surface area contributed by atoms with Crippen molar-refractivity contribution < 1.29 is 9.47 Å². The molecule has 106 valence electrons. The van der Waals surface area contributed by atoms with Gasteiger partial charge in [-0.1, -0.05) is 18.2 Å². The maximum absolute atomic E-state index is 5.99. The fraction of sp³-hybridized carbons (Fsp3) is 0.625. The van der Waals surface area contributed by atoms with Gasteiger partial charge in [-0.25, -0.2) is 0 Å². The van der Waals surface area contributed by atoms with Crippen LogP contribution in [0.25, 0.3) is 0 Å². The van der Waals surface area contributed by atoms with Crippen molar-refractivity contribution in [3.8, 4) is 5.75 Å². The third-order valence-electron chi connectivity index (χ3n) is 4.09. The average molecular weight is 263 g/mol. The number of hydrogen-bond donors (Lipinski definition) is 0. The number of nitrogens with zero attached hydrogens (tertiary/aromatic N) is 1. The Morgan fingerprint density at radius 1 is 1.32 bits per heavy atom. The van der Waals surface area contributed by atoms with E-state index in [1.807, 2.05) is 18.2 Å². The number of rotatable bonds is 5. The molecule has 0 aliphatic carbocycles. The molecule has 0 N–H and O–H groups in total. The zero-order valence-corrected chi connectivity index (χ0v) is 12.5. The van der Waals surface area contributed by atoms with Crippen LogP contribution < -0.4 is 4.74 Å². The lowest BCUT2D eigenvalue weighted by molar-refractivity contribution is -0.0372. The van der Waals surface area contributed by atoms with Gasteiger partial charge in [0.25, 0.3) is 0 Å². The summed E-state index contributed by atoms with van der Waals surface area (Å²) < 4.78 is 11.8. The summed E-state index contributed by atoms with van der Waals surface area (Å²) >= 11 is 0. The van der Waals surface area contributed by atoms with Crippen molar-refractivity contribution in [2.75, 3.05) is 26.8 Å². The van der Waals surface area contributed by atoms with Gasteiger partial charge < -0.3 is 9.47 Å². The monoisotopic (exact) mass is 263 g/mol. The molecule has 1 aromatic rings. The Labute approximate surface area is 116 Å². The maximum atomic E-state index is 5.99. The van der Waals surface area contributed by atoms with Crippen LogP contribution in [0.4, 0.5) is 0 Å². The van der Waals surface area contributed by atoms with E-state index in [-0.39, 0.29) is 5.60 Å². The molecule has 1 heterocycles. The van der Waals surface area contributed by atoms with Crippen LogP contribution in [0.15, 0.2) is 24.3 Å². The van der Waals surface area contributed by atoms with Gasteiger partial charge in [0.1, 0.15) is 18.0 Å². The lowest BCUT2D eigenvalue weighted by Crippen LogP contribution is -2.42. The van der Waals surface area contributed by atoms with Crippen molar-refractivity contribution in [1.29, 1.82) is 0 Å². The Morgan fingerprint density at radius 2 is 2.05 bits per heavy atom. The molecule has 1 atom stereocenters. The summed E-state index contributed by atoms with van der Waals surface area (Å²) in [6.07, 6.45) is 1.04. The van der Waals surface area contributed by atoms with Crippen LogP contribution in [0.3, 0.4) is 0 Å². The third kappa shape index (κ3) is 3.28. The van der Waals surface area contributed by atoms with Crippen molar-refractivity contribution in [2.24, 2.45) is 0 Å². The molecule has 0 saturated carbocycles. The van der Waals surface area contributed by atoms with E-state index in [9.17, 15) is 0 Å². The SMILES string of the molecule is COC1(COc2ccccc2C)CCN(C(C)C)C1. The molecule has 0 radical (unpaired) electrons. The molecule has 0 bridgehead atoms. The molecule has 1 saturated heterocycles. The minimum absolute atomic E-state index is 0.160. The van der Waals surface area contributed by atoms with Crippen LogP contribution >= 0.6 is 0 Å². The molecular formula is C16H25NO2. The van der Waals surface area contributed by atoms with E-state index in [4.69, 9.17) is 9.47 Å². The van der Waals surface area contributed by atoms with Crippen LogP contribution in [0.1, 0.15) is 25.8 Å². The standard InChI is InChI=1S/C16H25NO2/c1-13(2)17-10-9-16(11-17,18-4)12-19-15-8-6-5-7-14(15)3/h5-8,13H,9-12H2,1-4H3. The van der Waals surface area contributed by atoms with Crippen molar-refractivity contribution in [1.82, 2.24) is 4.90 Å². The molecule has 1 unspecified atom stereocenters. The average Bonchev–Trinajstić information content (AvgIpc) is 2.83. The van der Waals surface area contributed by atoms with Crippen LogP contribution in [0.5, 0.6) is 5.75 Å². The molecule has 1 fully saturated rings. The number of likely N-dealkylation sites (tertiary alicyclic amines) is 1. The normalized spacial score (nSPS) is 24.1. The van der Waals surface area contributed by atoms with Gasteiger partial charge in [0.05, 0.1) is 0 Å². The van der Waals surface area contributed by atoms with E-state index in [2.05, 4.69) is 31.7 Å². The second-order valence-corrected chi connectivity index (χ2v) is 5.76. The summed E-state index contributed by atoms with van der Waals surface area (Å²) in [6, 6.07) is 8.70. The van der Waals surface area contributed by atoms with E-state index in [1.165, 1.54) is 5.56 Å². The van der Waals surface area contributed by atoms with E-state index in [0.717, 1.165) is 25.3 Å². The van der Waals surface area contributed by atoms with E-state index < -0.39 is 0 Å². The van der Waals surface area contributed by atoms with Gasteiger partial charge in [0, 0.05) is 26.2 Å². The molecule has 3 nitrogen and oxygen atoms in total. The molecule has 1 aliphatic heterocycles. The topological polar surface area (TPSA) is 21.7 Å². The molecule has 3 heteroatoms. The smallest absolute Gasteiger partial charge is 0.122 e. The molecule has 1 aromatic carbocycles. The van der Waals surface area contributed by atoms with Gasteiger partial charge in [0.15, 0.2) is 0 Å². The summed E-state index contributed by atoms with van der Waals surface area (Å²) in [7, 11) is 1.80. The highest BCUT2D eigenvalue weighted by atomic mass is 16.5. The first-order valence-electron chi connectivity index (χ1n) is 7.04. The second-order valence-electron chi connectivity index (χ2n) is 5.76. The predicted molar refractivity (Wildman–Crippen MR) is 77.7 cm³/mol. The van der Waals surface area contributed by atoms with Crippen LogP contribution in [0.2, 0.25) is 0 Å². The first-order chi connectivity index (χ1) is 9.06. The highest BCUT2D eigenvalue weighted by Crippen LogP contribution is 2.28. The molecule has 19 heavy (non-hydrogen) atoms. The summed E-state index contributed by atoms with van der Waals surface area (Å²) in [4.78, 5) is 2.45. The van der Waals surface area contributed by atoms with Gasteiger partial charge in [-0.15, -0.1) is 0 Å². The summed E-state index contributed by atoms with van der Waals surface area (Å²) in [5.74, 6) is 0.960. The largest absolute Gasteiger partial charge is 0.490 e. The van der Waals surface area contributed by atoms with Crippen LogP contribution in [-0.2, 0) is 4.74 Å². The number of aryl methyl sites for hydroxylation is 1. The highest BCUT2D eigenvalue weighted by Gasteiger charge is 2.40. The molecule has 0 spiro atoms. The van der Waals surface area contributed by atoms with Gasteiger partial charge in [-0.2, -0.15) is 0 Å². The Hall–Kier alpha value is -1.06. The van der Waals surface area contributed by atoms with Gasteiger partial charge in [-0.05, 0) is 38.8 Å². The summed E-state index contributed by atoms with van der Waals surface area (Å²) in [5, 5.41) is 0. The fourth-order valence-electron chi connectivity index (χ4n) is 2.59. The second kappa shape index (κ2) is 5.93. The molecule has 0 aromatic heterocycles. The van der Waals surface area contributed by atoms with E-state index in [0.29, 0.717) is 12.6 Å². The number of benzene rings is 1. The Bertz CT molecular complexity index is 419. The van der Waals surface area contributed by atoms with Crippen LogP contribution in [-0.4, -0.2) is 43.3 Å². The van der Waals surface area contributed by atoms with Crippen LogP contribution in [0, 0.1) is 6.92 Å². The fourth-order valence-corrected chi connectivity index (χ4v) is 2.59. The van der Waals surface area contributed by atoms with Crippen molar-refractivity contribution >= 4 is 0 Å². The van der Waals surface area contributed by atoms with Crippen molar-refractivity contribution in [3.05, 3.63) is 29.8 Å². The third-order valence-corrected chi connectivity index (χ3v) is 4.09. The number of methoxy groups -OCH3 is 1. The van der Waals surface area contributed by atoms with E-state index >= 15 is 0 Å². The van der Waals surface area contributed by atoms with Crippen molar-refractivity contribution in [2.45, 2.75) is 38.8 Å². The quantitative estimate of drug-likeness (QED) is 0.815. The van der Waals surface area contributed by atoms with E-state index in [1.54, 1.807) is 7.11 Å². The lowest BCUT2D eigenvalue weighted by Gasteiger charge is -2.29. The predicted octanol–water partition coefficient (Wildman–Crippen LogP) is 2.87. The van der Waals surface area contributed by atoms with Crippen molar-refractivity contribution in [3.63, 3.8) is 0 Å². The molecule has 1 aliphatic rings. The Morgan fingerprint density at radius 3 is 2.63 bits per heavy atom.